The second-order valence-corrected chi connectivity index (χ2v) is 29.1. The number of hydrogen-bond donors (Lipinski definition) is 12. The van der Waals surface area contributed by atoms with Gasteiger partial charge in [0.25, 0.3) is 16.7 Å². The zero-order chi connectivity index (χ0) is 67.8. The molecule has 44 heteroatoms. The van der Waals surface area contributed by atoms with E-state index in [1.165, 1.54) is 18.8 Å². The Morgan fingerprint density at radius 1 is 0.548 bits per heavy atom. The van der Waals surface area contributed by atoms with Crippen molar-refractivity contribution in [3.8, 4) is 0 Å². The molecule has 38 nitrogen and oxygen atoms in total. The first-order chi connectivity index (χ1) is 43.7. The molecule has 502 valence electrons. The molecule has 15 N–H and O–H groups in total. The van der Waals surface area contributed by atoms with E-state index in [4.69, 9.17) is 79.2 Å². The first-order valence-electron chi connectivity index (χ1n) is 27.0. The molecule has 0 spiro atoms. The number of ether oxygens (including phenoxy) is 8. The molecule has 3 saturated heterocycles. The van der Waals surface area contributed by atoms with Gasteiger partial charge in [-0.3, -0.25) is 71.1 Å². The molecule has 93 heavy (non-hydrogen) atoms. The molecule has 3 aliphatic heterocycles. The molecule has 13 atom stereocenters. The summed E-state index contributed by atoms with van der Waals surface area (Å²) in [6, 6.07) is 16.4. The molecule has 6 aromatic heterocycles. The van der Waals surface area contributed by atoms with Gasteiger partial charge in [0.1, 0.15) is 32.7 Å². The van der Waals surface area contributed by atoms with Crippen LogP contribution in [0.3, 0.4) is 0 Å². The maximum absolute atomic E-state index is 12.9. The van der Waals surface area contributed by atoms with Gasteiger partial charge in [-0.2, -0.15) is 15.0 Å². The van der Waals surface area contributed by atoms with E-state index in [-0.39, 0.29) is 67.4 Å². The number of anilines is 3. The minimum atomic E-state index is -4.54. The third-order valence-corrected chi connectivity index (χ3v) is 18.9. The molecule has 9 heterocycles. The van der Waals surface area contributed by atoms with E-state index in [0.717, 1.165) is 13.7 Å². The first kappa shape index (κ1) is 70.0. The van der Waals surface area contributed by atoms with Crippen LogP contribution in [-0.4, -0.2) is 161 Å². The Hall–Kier alpha value is -7.34. The zero-order valence-corrected chi connectivity index (χ0v) is 53.5. The summed E-state index contributed by atoms with van der Waals surface area (Å²) in [4.78, 5) is 153. The third-order valence-electron chi connectivity index (χ3n) is 13.6. The molecule has 0 amide bonds. The summed E-state index contributed by atoms with van der Waals surface area (Å²) in [5, 5.41) is 20.0. The fraction of sp³-hybridized carbons (Fsp3) is 0.408. The Balaban J connectivity index is 0.000000167. The monoisotopic (exact) mass is 1420 g/mol. The van der Waals surface area contributed by atoms with E-state index < -0.39 is 152 Å². The predicted octanol–water partition coefficient (Wildman–Crippen LogP) is 0.418. The maximum atomic E-state index is 12.9. The number of carbonyl (C=O) groups is 2. The van der Waals surface area contributed by atoms with Crippen molar-refractivity contribution in [1.29, 1.82) is 0 Å². The number of nitrogen functional groups attached to an aromatic ring is 3. The number of carbonyl (C=O) groups excluding carboxylic acids is 2. The van der Waals surface area contributed by atoms with Gasteiger partial charge in [0.2, 0.25) is 25.2 Å². The second-order valence-electron chi connectivity index (χ2n) is 20.5. The number of thiazole rings is 3. The number of nitrogens with two attached hydrogens (primary N) is 3. The van der Waals surface area contributed by atoms with Crippen molar-refractivity contribution in [3.63, 3.8) is 0 Å². The topological polar surface area (TPSA) is 571 Å². The van der Waals surface area contributed by atoms with Crippen LogP contribution in [0.15, 0.2) is 89.4 Å². The number of H-pyrrole nitrogens is 3. The lowest BCUT2D eigenvalue weighted by Gasteiger charge is -2.22. The number of aliphatic hydroxyl groups is 2. The van der Waals surface area contributed by atoms with E-state index in [1.54, 1.807) is 69.3 Å². The number of hydrogen-bond acceptors (Lipinski definition) is 31. The van der Waals surface area contributed by atoms with Gasteiger partial charge in [-0.15, -0.1) is 0 Å². The summed E-state index contributed by atoms with van der Waals surface area (Å²) in [6.45, 7) is 6.69. The first-order valence-corrected chi connectivity index (χ1v) is 35.3. The largest absolute Gasteiger partial charge is 0.453 e. The maximum Gasteiger partial charge on any atom is 0.351 e. The molecule has 11 rings (SSSR count). The van der Waals surface area contributed by atoms with Gasteiger partial charge in [-0.1, -0.05) is 84.3 Å². The van der Waals surface area contributed by atoms with E-state index >= 15 is 0 Å². The zero-order valence-electron chi connectivity index (χ0n) is 48.4. The fourth-order valence-electron chi connectivity index (χ4n) is 9.52. The molecule has 3 aliphatic rings. The van der Waals surface area contributed by atoms with Gasteiger partial charge in [0.05, 0.1) is 17.7 Å². The Labute approximate surface area is 530 Å². The lowest BCUT2D eigenvalue weighted by Crippen LogP contribution is -2.34. The lowest BCUT2D eigenvalue weighted by atomic mass is 10.1. The predicted molar refractivity (Wildman–Crippen MR) is 327 cm³/mol. The van der Waals surface area contributed by atoms with E-state index in [2.05, 4.69) is 29.9 Å². The summed E-state index contributed by atoms with van der Waals surface area (Å²) in [7, 11) is -12.1. The second kappa shape index (κ2) is 28.3. The highest BCUT2D eigenvalue weighted by atomic mass is 32.1. The standard InChI is InChI=1S/C21H25N4O8PS.C18H19N4O9PS.C10H13N4O9PS/c1-4-31-34(3,29)10-30-19-11(2)13(32-18(27)12-8-6-5-7-9-12)17(33-19)25-15-14(35-21(25)28)16(26)24-20(22)23-15;1-8-10(30-15(24)9-5-3-2-4-6-9)14(31-16(8)29-7-32(26,27)28)22-12-11(33-18(22)25)13(23)21-17(19)20-12;11-9-12-5-4(6(17)13-9)25-10(18)14(5)7-2(15)3(16)8(23-7)22-1-24(19,20)21/h5-9,11,13,17,19H,4,10H2,1-3H3,(H3,22,23,24,26);2-6,8,10,14,16H,7H2,1H3,(H2,26,27,28)(H3,19,20,21,23);2-3,7-8,15-16H,1H2,(H2,19,20,21)(H3,11,12,13,17)/t11-,13+,17+,19-,34?;8-,10+,14+,16-;2-,3+,7-,8+/m001/s1. The molecule has 0 saturated carbocycles. The number of aliphatic hydroxyl groups excluding tert-OH is 2. The molecule has 0 bridgehead atoms. The average molecular weight is 1420 g/mol. The smallest absolute Gasteiger partial charge is 0.351 e. The summed E-state index contributed by atoms with van der Waals surface area (Å²) < 4.78 is 86.9. The molecule has 1 unspecified atom stereocenters. The summed E-state index contributed by atoms with van der Waals surface area (Å²) >= 11 is 1.79. The molecule has 2 aromatic carbocycles. The van der Waals surface area contributed by atoms with Gasteiger partial charge in [-0.05, 0) is 31.2 Å². The van der Waals surface area contributed by atoms with Crippen molar-refractivity contribution < 1.29 is 95.5 Å². The molecule has 8 aromatic rings. The number of aromatic nitrogens is 9. The van der Waals surface area contributed by atoms with Crippen LogP contribution in [0.2, 0.25) is 0 Å². The van der Waals surface area contributed by atoms with Gasteiger partial charge in [-0.25, -0.2) is 9.59 Å². The van der Waals surface area contributed by atoms with Crippen LogP contribution in [0.5, 0.6) is 0 Å². The van der Waals surface area contributed by atoms with Crippen LogP contribution in [0, 0.1) is 11.8 Å². The Bertz CT molecular complexity index is 4600. The Kier molecular flexibility index (Phi) is 21.3. The van der Waals surface area contributed by atoms with Crippen LogP contribution in [0.25, 0.3) is 31.0 Å². The minimum absolute atomic E-state index is 0.00432. The van der Waals surface area contributed by atoms with Crippen LogP contribution in [0.1, 0.15) is 60.2 Å². The lowest BCUT2D eigenvalue weighted by molar-refractivity contribution is -0.167. The highest BCUT2D eigenvalue weighted by molar-refractivity contribution is 7.57. The molecule has 0 radical (unpaired) electrons. The average Bonchev–Trinajstić information content (AvgIpc) is 1.64. The van der Waals surface area contributed by atoms with Crippen LogP contribution in [0.4, 0.5) is 17.8 Å². The molecular formula is C49H57N12O26P3S3. The SMILES string of the molecule is CCOP(C)(=O)CO[C@H]1O[C@@H](n2c(=O)sc3c(=O)[nH]c(N)nc32)[C@H](OC(=O)c2ccccc2)[C@@H]1C.C[C@@H]1[C@@H](OCP(=O)(O)O)O[C@@H](n2c(=O)sc3c(=O)[nH]c(N)nc32)[C@@H]1OC(=O)c1ccccc1.Nc1nc2c(sc(=O)n2[C@@H]2O[C@H](OCP(=O)(O)O)[C@@H](O)[C@H]2O)c(=O)[nH]1. The van der Waals surface area contributed by atoms with Crippen LogP contribution >= 0.6 is 56.6 Å². The molecule has 3 fully saturated rings. The van der Waals surface area contributed by atoms with Crippen LogP contribution in [-0.2, 0) is 56.1 Å². The quantitative estimate of drug-likeness (QED) is 0.0409. The van der Waals surface area contributed by atoms with Crippen molar-refractivity contribution >= 4 is 117 Å². The Morgan fingerprint density at radius 3 is 1.24 bits per heavy atom. The van der Waals surface area contributed by atoms with E-state index in [9.17, 15) is 62.3 Å². The van der Waals surface area contributed by atoms with Crippen molar-refractivity contribution in [1.82, 2.24) is 43.6 Å². The fourth-order valence-corrected chi connectivity index (χ4v) is 13.8. The number of nitrogens with zero attached hydrogens (tertiary/aromatic N) is 6. The van der Waals surface area contributed by atoms with Gasteiger partial charge in [0.15, 0.2) is 79.4 Å². The number of esters is 2. The third kappa shape index (κ3) is 15.9. The normalized spacial score (nSPS) is 24.5. The summed E-state index contributed by atoms with van der Waals surface area (Å²) in [5.74, 6) is -3.39. The number of nitrogens with one attached hydrogen (secondary N) is 3. The van der Waals surface area contributed by atoms with Crippen LogP contribution < -0.4 is 48.5 Å². The number of fused-ring (bicyclic) bond motifs is 3. The number of benzene rings is 2. The summed E-state index contributed by atoms with van der Waals surface area (Å²) in [5.41, 5.74) is 15.2. The molecular weight excluding hydrogens is 1360 g/mol. The number of aromatic amines is 3. The van der Waals surface area contributed by atoms with E-state index in [0.29, 0.717) is 39.6 Å². The van der Waals surface area contributed by atoms with Gasteiger partial charge in [0, 0.05) is 18.5 Å². The highest BCUT2D eigenvalue weighted by Crippen LogP contribution is 2.46. The van der Waals surface area contributed by atoms with Crippen molar-refractivity contribution in [2.75, 3.05) is 49.5 Å². The highest BCUT2D eigenvalue weighted by Gasteiger charge is 2.51. The van der Waals surface area contributed by atoms with Gasteiger partial charge < -0.3 is 89.4 Å². The van der Waals surface area contributed by atoms with E-state index in [1.807, 2.05) is 0 Å². The van der Waals surface area contributed by atoms with Crippen molar-refractivity contribution in [2.24, 2.45) is 11.8 Å². The number of rotatable bonds is 18. The molecule has 0 aliphatic carbocycles. The van der Waals surface area contributed by atoms with Crippen molar-refractivity contribution in [3.05, 3.63) is 132 Å². The Morgan fingerprint density at radius 2 is 0.882 bits per heavy atom. The van der Waals surface area contributed by atoms with Crippen molar-refractivity contribution in [2.45, 2.75) is 82.7 Å². The van der Waals surface area contributed by atoms with Gasteiger partial charge >= 0.3 is 41.7 Å². The summed E-state index contributed by atoms with van der Waals surface area (Å²) in [6.07, 6.45) is -15.6. The minimum Gasteiger partial charge on any atom is -0.453 e.